The van der Waals surface area contributed by atoms with Crippen LogP contribution in [0.15, 0.2) is 36.4 Å². The number of aliphatic hydroxyl groups is 2. The fourth-order valence-electron chi connectivity index (χ4n) is 2.65. The van der Waals surface area contributed by atoms with Crippen molar-refractivity contribution in [2.75, 3.05) is 44.0 Å². The molecule has 0 aliphatic carbocycles. The van der Waals surface area contributed by atoms with E-state index < -0.39 is 0 Å². The van der Waals surface area contributed by atoms with Gasteiger partial charge in [0.2, 0.25) is 0 Å². The highest BCUT2D eigenvalue weighted by atomic mass is 16.5. The monoisotopic (exact) mass is 330 g/mol. The third kappa shape index (κ3) is 3.84. The number of nitrogens with two attached hydrogens (primary N) is 1. The van der Waals surface area contributed by atoms with Crippen molar-refractivity contribution in [3.8, 4) is 16.9 Å². The fraction of sp³-hybridized carbons (Fsp3) is 0.278. The van der Waals surface area contributed by atoms with E-state index in [-0.39, 0.29) is 13.2 Å². The first-order chi connectivity index (χ1) is 11.6. The molecule has 24 heavy (non-hydrogen) atoms. The normalized spacial score (nSPS) is 10.5. The number of benzene rings is 2. The van der Waals surface area contributed by atoms with Gasteiger partial charge in [-0.2, -0.15) is 0 Å². The van der Waals surface area contributed by atoms with Crippen molar-refractivity contribution >= 4 is 17.7 Å². The average Bonchev–Trinajstić information content (AvgIpc) is 2.61. The maximum Gasteiger partial charge on any atom is 0.150 e. The Morgan fingerprint density at radius 1 is 1.08 bits per heavy atom. The van der Waals surface area contributed by atoms with Gasteiger partial charge < -0.3 is 25.6 Å². The first-order valence-corrected chi connectivity index (χ1v) is 7.64. The molecular weight excluding hydrogens is 308 g/mol. The van der Waals surface area contributed by atoms with Crippen molar-refractivity contribution < 1.29 is 19.7 Å². The number of hydrogen-bond donors (Lipinski definition) is 3. The van der Waals surface area contributed by atoms with Gasteiger partial charge in [-0.25, -0.2) is 0 Å². The highest BCUT2D eigenvalue weighted by Crippen LogP contribution is 2.38. The number of aldehydes is 1. The molecule has 0 heterocycles. The summed E-state index contributed by atoms with van der Waals surface area (Å²) in [5.74, 6) is 0.611. The summed E-state index contributed by atoms with van der Waals surface area (Å²) in [5.41, 5.74) is 9.34. The van der Waals surface area contributed by atoms with E-state index in [1.54, 1.807) is 37.4 Å². The molecule has 0 radical (unpaired) electrons. The van der Waals surface area contributed by atoms with Crippen molar-refractivity contribution in [2.45, 2.75) is 0 Å². The van der Waals surface area contributed by atoms with Crippen molar-refractivity contribution in [1.82, 2.24) is 0 Å². The maximum atomic E-state index is 11.1. The van der Waals surface area contributed by atoms with Gasteiger partial charge in [-0.3, -0.25) is 4.79 Å². The molecule has 128 valence electrons. The Morgan fingerprint density at radius 2 is 1.79 bits per heavy atom. The Labute approximate surface area is 141 Å². The van der Waals surface area contributed by atoms with Gasteiger partial charge in [0.05, 0.1) is 20.3 Å². The molecule has 2 aromatic carbocycles. The van der Waals surface area contributed by atoms with E-state index in [0.29, 0.717) is 30.1 Å². The third-order valence-electron chi connectivity index (χ3n) is 3.75. The van der Waals surface area contributed by atoms with Gasteiger partial charge in [0.15, 0.2) is 0 Å². The predicted octanol–water partition coefficient (Wildman–Crippen LogP) is 1.55. The van der Waals surface area contributed by atoms with Gasteiger partial charge >= 0.3 is 0 Å². The number of nitrogen functional groups attached to an aromatic ring is 1. The fourth-order valence-corrected chi connectivity index (χ4v) is 2.65. The van der Waals surface area contributed by atoms with E-state index in [4.69, 9.17) is 10.5 Å². The topological polar surface area (TPSA) is 96.0 Å². The van der Waals surface area contributed by atoms with Gasteiger partial charge in [-0.1, -0.05) is 0 Å². The predicted molar refractivity (Wildman–Crippen MR) is 94.6 cm³/mol. The first kappa shape index (κ1) is 17.8. The highest BCUT2D eigenvalue weighted by molar-refractivity contribution is 5.88. The molecule has 0 saturated carbocycles. The van der Waals surface area contributed by atoms with E-state index in [9.17, 15) is 15.0 Å². The van der Waals surface area contributed by atoms with Crippen molar-refractivity contribution in [1.29, 1.82) is 0 Å². The lowest BCUT2D eigenvalue weighted by atomic mass is 9.99. The van der Waals surface area contributed by atoms with E-state index in [1.165, 1.54) is 0 Å². The largest absolute Gasteiger partial charge is 0.496 e. The number of methoxy groups -OCH3 is 1. The van der Waals surface area contributed by atoms with E-state index in [2.05, 4.69) is 0 Å². The second-order valence-electron chi connectivity index (χ2n) is 5.29. The average molecular weight is 330 g/mol. The molecule has 0 amide bonds. The van der Waals surface area contributed by atoms with Crippen molar-refractivity contribution in [3.05, 3.63) is 42.0 Å². The number of anilines is 2. The van der Waals surface area contributed by atoms with Gasteiger partial charge in [0.1, 0.15) is 12.0 Å². The molecule has 6 nitrogen and oxygen atoms in total. The second-order valence-corrected chi connectivity index (χ2v) is 5.29. The lowest BCUT2D eigenvalue weighted by molar-refractivity contribution is 0.112. The van der Waals surface area contributed by atoms with Crippen LogP contribution in [-0.2, 0) is 0 Å². The van der Waals surface area contributed by atoms with Crippen LogP contribution in [0, 0.1) is 0 Å². The standard InChI is InChI=1S/C18H22N2O4/c1-24-18-5-2-13(12-23)10-16(18)15-11-14(19)3-4-17(15)20(6-8-21)7-9-22/h2-5,10-12,21-22H,6-9,19H2,1H3. The SMILES string of the molecule is COc1ccc(C=O)cc1-c1cc(N)ccc1N(CCO)CCO. The summed E-state index contributed by atoms with van der Waals surface area (Å²) in [4.78, 5) is 13.0. The molecule has 0 unspecified atom stereocenters. The van der Waals surface area contributed by atoms with Crippen LogP contribution >= 0.6 is 0 Å². The van der Waals surface area contributed by atoms with Gasteiger partial charge in [0, 0.05) is 41.2 Å². The maximum absolute atomic E-state index is 11.1. The summed E-state index contributed by atoms with van der Waals surface area (Å²) < 4.78 is 5.42. The Balaban J connectivity index is 2.64. The number of aliphatic hydroxyl groups excluding tert-OH is 2. The minimum absolute atomic E-state index is 0.0463. The molecular formula is C18H22N2O4. The lowest BCUT2D eigenvalue weighted by Gasteiger charge is -2.26. The lowest BCUT2D eigenvalue weighted by Crippen LogP contribution is -2.30. The minimum atomic E-state index is -0.0463. The highest BCUT2D eigenvalue weighted by Gasteiger charge is 2.16. The van der Waals surface area contributed by atoms with Crippen molar-refractivity contribution in [2.24, 2.45) is 0 Å². The van der Waals surface area contributed by atoms with E-state index in [1.807, 2.05) is 11.0 Å². The number of nitrogens with zero attached hydrogens (tertiary/aromatic N) is 1. The molecule has 0 aliphatic heterocycles. The van der Waals surface area contributed by atoms with Gasteiger partial charge in [-0.05, 0) is 36.4 Å². The summed E-state index contributed by atoms with van der Waals surface area (Å²) >= 11 is 0. The summed E-state index contributed by atoms with van der Waals surface area (Å²) in [5, 5.41) is 18.6. The number of carbonyl (C=O) groups is 1. The van der Waals surface area contributed by atoms with Crippen LogP contribution in [0.3, 0.4) is 0 Å². The summed E-state index contributed by atoms with van der Waals surface area (Å²) in [7, 11) is 1.56. The number of hydrogen-bond acceptors (Lipinski definition) is 6. The van der Waals surface area contributed by atoms with Crippen LogP contribution in [0.1, 0.15) is 10.4 Å². The van der Waals surface area contributed by atoms with Gasteiger partial charge in [0.25, 0.3) is 0 Å². The zero-order valence-electron chi connectivity index (χ0n) is 13.6. The zero-order valence-corrected chi connectivity index (χ0v) is 13.6. The van der Waals surface area contributed by atoms with Crippen LogP contribution < -0.4 is 15.4 Å². The molecule has 2 rings (SSSR count). The molecule has 0 spiro atoms. The Kier molecular flexibility index (Phi) is 6.17. The minimum Gasteiger partial charge on any atom is -0.496 e. The van der Waals surface area contributed by atoms with Crippen molar-refractivity contribution in [3.63, 3.8) is 0 Å². The Morgan fingerprint density at radius 3 is 2.38 bits per heavy atom. The van der Waals surface area contributed by atoms with Crippen LogP contribution in [0.2, 0.25) is 0 Å². The molecule has 6 heteroatoms. The summed E-state index contributed by atoms with van der Waals surface area (Å²) in [6.07, 6.45) is 0.772. The summed E-state index contributed by atoms with van der Waals surface area (Å²) in [6.45, 7) is 0.644. The third-order valence-corrected chi connectivity index (χ3v) is 3.75. The number of carbonyl (C=O) groups excluding carboxylic acids is 1. The Hall–Kier alpha value is -2.57. The number of rotatable bonds is 8. The molecule has 2 aromatic rings. The summed E-state index contributed by atoms with van der Waals surface area (Å²) in [6, 6.07) is 10.5. The first-order valence-electron chi connectivity index (χ1n) is 7.64. The van der Waals surface area contributed by atoms with E-state index >= 15 is 0 Å². The van der Waals surface area contributed by atoms with Crippen LogP contribution in [0.4, 0.5) is 11.4 Å². The smallest absolute Gasteiger partial charge is 0.150 e. The molecule has 0 aromatic heterocycles. The van der Waals surface area contributed by atoms with Crippen LogP contribution in [0.5, 0.6) is 5.75 Å². The molecule has 0 atom stereocenters. The van der Waals surface area contributed by atoms with E-state index in [0.717, 1.165) is 23.1 Å². The second kappa shape index (κ2) is 8.33. The van der Waals surface area contributed by atoms with Crippen LogP contribution in [-0.4, -0.2) is 49.9 Å². The quantitative estimate of drug-likeness (QED) is 0.502. The molecule has 0 bridgehead atoms. The van der Waals surface area contributed by atoms with Crippen LogP contribution in [0.25, 0.3) is 11.1 Å². The molecule has 0 saturated heterocycles. The Bertz CT molecular complexity index is 697. The zero-order chi connectivity index (χ0) is 17.5. The number of ether oxygens (including phenoxy) is 1. The molecule has 4 N–H and O–H groups in total. The molecule has 0 fully saturated rings. The molecule has 0 aliphatic rings. The van der Waals surface area contributed by atoms with Gasteiger partial charge in [-0.15, -0.1) is 0 Å².